The topological polar surface area (TPSA) is 275 Å². The van der Waals surface area contributed by atoms with Gasteiger partial charge in [0.25, 0.3) is 5.56 Å². The molecule has 6 N–H and O–H groups in total. The zero-order chi connectivity index (χ0) is 31.8. The van der Waals surface area contributed by atoms with Gasteiger partial charge in [-0.05, 0) is 11.8 Å². The minimum absolute atomic E-state index is 0.0453. The van der Waals surface area contributed by atoms with Gasteiger partial charge in [-0.3, -0.25) is 32.5 Å². The molecule has 3 saturated heterocycles. The minimum atomic E-state index is -4.40. The Morgan fingerprint density at radius 1 is 1.00 bits per heavy atom. The normalized spacial score (nSPS) is 37.7. The highest BCUT2D eigenvalue weighted by atomic mass is 32.7. The molecule has 0 saturated carbocycles. The van der Waals surface area contributed by atoms with Crippen molar-refractivity contribution in [1.82, 2.24) is 38.5 Å². The Hall–Kier alpha value is -2.63. The zero-order valence-corrected chi connectivity index (χ0v) is 25.8. The van der Waals surface area contributed by atoms with Gasteiger partial charge in [0, 0.05) is 12.4 Å². The van der Waals surface area contributed by atoms with Gasteiger partial charge in [-0.15, -0.1) is 0 Å². The van der Waals surface area contributed by atoms with Crippen LogP contribution >= 0.6 is 25.8 Å². The summed E-state index contributed by atoms with van der Waals surface area (Å²) in [6.07, 6.45) is -6.59. The second-order valence-electron chi connectivity index (χ2n) is 10.1. The number of aliphatic hydroxyl groups excluding tert-OH is 2. The number of hydrogen-bond donors (Lipinski definition) is 6. The third-order valence-electron chi connectivity index (χ3n) is 7.28. The van der Waals surface area contributed by atoms with Crippen LogP contribution in [0.3, 0.4) is 0 Å². The summed E-state index contributed by atoms with van der Waals surface area (Å²) < 4.78 is 50.8. The Bertz CT molecular complexity index is 2000. The largest absolute Gasteiger partial charge is 0.387 e. The van der Waals surface area contributed by atoms with Gasteiger partial charge in [-0.25, -0.2) is 28.7 Å². The molecule has 0 aromatic carbocycles. The number of fused-ring (bicyclic) bond motifs is 5. The molecule has 3 aliphatic rings. The fourth-order valence-corrected chi connectivity index (χ4v) is 8.15. The van der Waals surface area contributed by atoms with E-state index in [4.69, 9.17) is 45.1 Å². The van der Waals surface area contributed by atoms with Gasteiger partial charge in [0.1, 0.15) is 43.0 Å². The molecule has 4 aromatic heterocycles. The minimum Gasteiger partial charge on any atom is -0.387 e. The summed E-state index contributed by atoms with van der Waals surface area (Å²) in [5.41, 5.74) is 4.22. The van der Waals surface area contributed by atoms with Gasteiger partial charge < -0.3 is 34.8 Å². The molecule has 3 aliphatic heterocycles. The highest BCUT2D eigenvalue weighted by molar-refractivity contribution is 8.44. The fourth-order valence-electron chi connectivity index (χ4n) is 5.24. The van der Waals surface area contributed by atoms with Crippen LogP contribution in [-0.4, -0.2) is 103 Å². The maximum Gasteiger partial charge on any atom is 0.386 e. The molecule has 0 radical (unpaired) electrons. The lowest BCUT2D eigenvalue weighted by Gasteiger charge is -2.27. The van der Waals surface area contributed by atoms with Crippen LogP contribution < -0.4 is 17.0 Å². The van der Waals surface area contributed by atoms with E-state index < -0.39 is 87.1 Å². The Kier molecular flexibility index (Phi) is 7.76. The second-order valence-corrected chi connectivity index (χ2v) is 15.8. The molecule has 7 heterocycles. The molecule has 45 heavy (non-hydrogen) atoms. The van der Waals surface area contributed by atoms with E-state index in [1.807, 2.05) is 0 Å². The van der Waals surface area contributed by atoms with Crippen LogP contribution in [0, 0.1) is 0 Å². The van der Waals surface area contributed by atoms with Crippen molar-refractivity contribution in [2.45, 2.75) is 49.1 Å². The maximum atomic E-state index is 13.5. The maximum absolute atomic E-state index is 13.5. The smallest absolute Gasteiger partial charge is 0.386 e. The highest BCUT2D eigenvalue weighted by Gasteiger charge is 2.53. The lowest BCUT2D eigenvalue weighted by atomic mass is 10.1. The van der Waals surface area contributed by atoms with E-state index in [9.17, 15) is 29.3 Å². The first-order valence-electron chi connectivity index (χ1n) is 12.9. The van der Waals surface area contributed by atoms with E-state index in [1.165, 1.54) is 23.3 Å². The van der Waals surface area contributed by atoms with Gasteiger partial charge in [0.15, 0.2) is 23.6 Å². The quantitative estimate of drug-likeness (QED) is 0.0990. The SMILES string of the molecule is Nc1nc2c(ncn2[C@@H]2O[C@@H]3COP(O)(=S)O[C@H]4[C@@H](O)[C@H](n5cnc6nccn6c5=O)O[C@@H]4COP(=O)(S)O[C@@H]2[C@@H]3O)c(=O)[nH]1. The van der Waals surface area contributed by atoms with Crippen LogP contribution in [0.15, 0.2) is 34.6 Å². The molecule has 0 spiro atoms. The van der Waals surface area contributed by atoms with E-state index in [0.29, 0.717) is 0 Å². The van der Waals surface area contributed by atoms with Gasteiger partial charge in [-0.2, -0.15) is 4.98 Å². The molecule has 10 atom stereocenters. The number of ether oxygens (including phenoxy) is 2. The fraction of sp³-hybridized carbons (Fsp3) is 0.500. The number of nitrogen functional groups attached to an aromatic ring is 1. The Morgan fingerprint density at radius 3 is 2.53 bits per heavy atom. The summed E-state index contributed by atoms with van der Waals surface area (Å²) in [5, 5.41) is 22.3. The van der Waals surface area contributed by atoms with E-state index in [2.05, 4.69) is 37.2 Å². The van der Waals surface area contributed by atoms with Crippen LogP contribution in [0.2, 0.25) is 0 Å². The number of aliphatic hydroxyl groups is 2. The van der Waals surface area contributed by atoms with Crippen molar-refractivity contribution < 1.29 is 47.2 Å². The average molecular weight is 708 g/mol. The summed E-state index contributed by atoms with van der Waals surface area (Å²) in [4.78, 5) is 54.7. The number of nitrogens with two attached hydrogens (primary N) is 1. The van der Waals surface area contributed by atoms with Crippen LogP contribution in [0.4, 0.5) is 5.95 Å². The first kappa shape index (κ1) is 31.0. The Balaban J connectivity index is 1.21. The molecule has 0 amide bonds. The number of aromatic nitrogens is 8. The molecule has 25 heteroatoms. The lowest BCUT2D eigenvalue weighted by Crippen LogP contribution is -2.38. The average Bonchev–Trinajstić information content (AvgIpc) is 3.74. The van der Waals surface area contributed by atoms with Crippen molar-refractivity contribution in [3.05, 3.63) is 45.9 Å². The zero-order valence-electron chi connectivity index (χ0n) is 22.3. The first-order chi connectivity index (χ1) is 21.3. The standard InChI is InChI=1S/C20H23N9O12P2S2/c21-18-25-14-9(15(32)26-18)23-5-28(14)17-13-10(30)7(38-17)3-36-42(34,44)40-12-8(4-37-43(35,45)41-13)39-16(11(12)31)29-6-24-19-22-1-2-27(19)20(29)33/h1-2,5-8,10-13,16-17,30-31H,3-4H2,(H,34,44)(H,35,45)(H3,21,25,26,32)/t7-,8-,10-,11-,12-,13-,16-,17-,42?,43?/m1/s1. The van der Waals surface area contributed by atoms with E-state index >= 15 is 0 Å². The van der Waals surface area contributed by atoms with E-state index in [0.717, 1.165) is 15.3 Å². The molecular weight excluding hydrogens is 684 g/mol. The van der Waals surface area contributed by atoms with Crippen molar-refractivity contribution in [1.29, 1.82) is 0 Å². The number of hydrogen-bond acceptors (Lipinski definition) is 17. The van der Waals surface area contributed by atoms with Crippen molar-refractivity contribution in [3.8, 4) is 0 Å². The Labute approximate surface area is 259 Å². The number of imidazole rings is 2. The second kappa shape index (κ2) is 11.3. The number of aromatic amines is 1. The Morgan fingerprint density at radius 2 is 1.73 bits per heavy atom. The predicted octanol–water partition coefficient (Wildman–Crippen LogP) is -1.81. The molecule has 242 valence electrons. The monoisotopic (exact) mass is 707 g/mol. The summed E-state index contributed by atoms with van der Waals surface area (Å²) in [5.74, 6) is -0.131. The molecular formula is C20H23N9O12P2S2. The van der Waals surface area contributed by atoms with Crippen molar-refractivity contribution in [2.75, 3.05) is 18.9 Å². The van der Waals surface area contributed by atoms with Gasteiger partial charge in [0.05, 0.1) is 19.5 Å². The third kappa shape index (κ3) is 5.56. The van der Waals surface area contributed by atoms with Crippen LogP contribution in [0.25, 0.3) is 16.9 Å². The molecule has 4 aromatic rings. The summed E-state index contributed by atoms with van der Waals surface area (Å²) in [6, 6.07) is 0. The van der Waals surface area contributed by atoms with Crippen LogP contribution in [-0.2, 0) is 43.9 Å². The predicted molar refractivity (Wildman–Crippen MR) is 154 cm³/mol. The molecule has 7 rings (SSSR count). The van der Waals surface area contributed by atoms with Crippen LogP contribution in [0.5, 0.6) is 0 Å². The number of anilines is 1. The van der Waals surface area contributed by atoms with Crippen molar-refractivity contribution in [2.24, 2.45) is 0 Å². The van der Waals surface area contributed by atoms with E-state index in [1.54, 1.807) is 0 Å². The highest BCUT2D eigenvalue weighted by Crippen LogP contribution is 2.58. The van der Waals surface area contributed by atoms with Crippen LogP contribution in [0.1, 0.15) is 12.5 Å². The molecule has 21 nitrogen and oxygen atoms in total. The number of H-pyrrole nitrogens is 1. The molecule has 2 bridgehead atoms. The first-order valence-corrected chi connectivity index (χ1v) is 18.2. The number of nitrogens with zero attached hydrogens (tertiary/aromatic N) is 7. The summed E-state index contributed by atoms with van der Waals surface area (Å²) >= 11 is 9.22. The van der Waals surface area contributed by atoms with Crippen molar-refractivity contribution in [3.63, 3.8) is 0 Å². The lowest BCUT2D eigenvalue weighted by molar-refractivity contribution is -0.0605. The van der Waals surface area contributed by atoms with E-state index in [-0.39, 0.29) is 22.9 Å². The molecule has 2 unspecified atom stereocenters. The summed E-state index contributed by atoms with van der Waals surface area (Å²) in [6.45, 7) is -9.86. The molecule has 0 aliphatic carbocycles. The summed E-state index contributed by atoms with van der Waals surface area (Å²) in [7, 11) is 0. The number of nitrogens with one attached hydrogen (secondary N) is 1. The van der Waals surface area contributed by atoms with Gasteiger partial charge in [0.2, 0.25) is 11.7 Å². The van der Waals surface area contributed by atoms with Gasteiger partial charge in [-0.1, -0.05) is 12.2 Å². The number of rotatable bonds is 2. The molecule has 3 fully saturated rings. The van der Waals surface area contributed by atoms with Gasteiger partial charge >= 0.3 is 19.2 Å². The van der Waals surface area contributed by atoms with Crippen molar-refractivity contribution >= 4 is 60.5 Å². The number of thiol groups is 1. The third-order valence-corrected chi connectivity index (χ3v) is 10.5.